The van der Waals surface area contributed by atoms with Gasteiger partial charge in [0.05, 0.1) is 6.20 Å². The van der Waals surface area contributed by atoms with Crippen LogP contribution < -0.4 is 15.4 Å². The first-order chi connectivity index (χ1) is 11.4. The molecule has 1 aromatic rings. The Morgan fingerprint density at radius 3 is 2.79 bits per heavy atom. The van der Waals surface area contributed by atoms with E-state index in [4.69, 9.17) is 4.74 Å². The third kappa shape index (κ3) is 9.20. The third-order valence-electron chi connectivity index (χ3n) is 3.55. The minimum absolute atomic E-state index is 0.00863. The molecule has 0 bridgehead atoms. The van der Waals surface area contributed by atoms with Crippen molar-refractivity contribution in [3.05, 3.63) is 6.20 Å². The Bertz CT molecular complexity index is 479. The summed E-state index contributed by atoms with van der Waals surface area (Å²) in [6.07, 6.45) is 4.73. The van der Waals surface area contributed by atoms with E-state index in [2.05, 4.69) is 29.5 Å². The number of carbonyl (C=O) groups excluding carboxylic acids is 1. The maximum atomic E-state index is 11.9. The Morgan fingerprint density at radius 2 is 2.12 bits per heavy atom. The number of rotatable bonds is 12. The van der Waals surface area contributed by atoms with E-state index in [9.17, 15) is 9.90 Å². The Kier molecular flexibility index (Phi) is 9.90. The summed E-state index contributed by atoms with van der Waals surface area (Å²) >= 11 is 1.28. The van der Waals surface area contributed by atoms with Crippen LogP contribution in [0.1, 0.15) is 53.4 Å². The zero-order valence-corrected chi connectivity index (χ0v) is 16.0. The lowest BCUT2D eigenvalue weighted by molar-refractivity contribution is -0.116. The van der Waals surface area contributed by atoms with Gasteiger partial charge in [-0.05, 0) is 12.3 Å². The maximum Gasteiger partial charge on any atom is 0.275 e. The largest absolute Gasteiger partial charge is 0.467 e. The maximum absolute atomic E-state index is 11.9. The molecule has 0 saturated heterocycles. The van der Waals surface area contributed by atoms with Crippen molar-refractivity contribution in [3.63, 3.8) is 0 Å². The molecule has 0 saturated carbocycles. The Morgan fingerprint density at radius 1 is 1.38 bits per heavy atom. The molecule has 0 aromatic carbocycles. The number of carbonyl (C=O) groups is 1. The number of aliphatic hydroxyl groups excluding tert-OH is 1. The third-order valence-corrected chi connectivity index (χ3v) is 4.38. The minimum Gasteiger partial charge on any atom is -0.467 e. The van der Waals surface area contributed by atoms with Gasteiger partial charge in [0.25, 0.3) is 5.19 Å². The second kappa shape index (κ2) is 11.4. The standard InChI is InChI=1S/C17H31N3O3S/c1-5-6-13(4)7-8-15(22)20-16-10-19-17(24-16)23-11-14(21)9-18-12(2)3/h10,12-14,18,21H,5-9,11H2,1-4H3,(H,20,22). The first-order valence-corrected chi connectivity index (χ1v) is 9.52. The Balaban J connectivity index is 2.28. The van der Waals surface area contributed by atoms with Crippen molar-refractivity contribution in [1.29, 1.82) is 0 Å². The van der Waals surface area contributed by atoms with Gasteiger partial charge in [-0.3, -0.25) is 4.79 Å². The summed E-state index contributed by atoms with van der Waals surface area (Å²) in [4.78, 5) is 16.0. The summed E-state index contributed by atoms with van der Waals surface area (Å²) in [6, 6.07) is 0.321. The molecule has 0 aliphatic carbocycles. The SMILES string of the molecule is CCCC(C)CCC(=O)Nc1cnc(OCC(O)CNC(C)C)s1. The van der Waals surface area contributed by atoms with Crippen molar-refractivity contribution in [2.45, 2.75) is 65.5 Å². The van der Waals surface area contributed by atoms with Gasteiger partial charge < -0.3 is 20.5 Å². The highest BCUT2D eigenvalue weighted by Crippen LogP contribution is 2.25. The molecule has 2 atom stereocenters. The van der Waals surface area contributed by atoms with Crippen LogP contribution in [0.25, 0.3) is 0 Å². The van der Waals surface area contributed by atoms with E-state index in [1.807, 2.05) is 13.8 Å². The first-order valence-electron chi connectivity index (χ1n) is 8.70. The van der Waals surface area contributed by atoms with Crippen molar-refractivity contribution in [2.24, 2.45) is 5.92 Å². The molecule has 0 aliphatic rings. The molecular formula is C17H31N3O3S. The van der Waals surface area contributed by atoms with Gasteiger partial charge in [-0.2, -0.15) is 0 Å². The van der Waals surface area contributed by atoms with Gasteiger partial charge in [-0.25, -0.2) is 4.98 Å². The topological polar surface area (TPSA) is 83.5 Å². The highest BCUT2D eigenvalue weighted by molar-refractivity contribution is 7.17. The van der Waals surface area contributed by atoms with Crippen molar-refractivity contribution in [3.8, 4) is 5.19 Å². The van der Waals surface area contributed by atoms with Crippen molar-refractivity contribution in [2.75, 3.05) is 18.5 Å². The number of hydrogen-bond donors (Lipinski definition) is 3. The number of nitrogens with zero attached hydrogens (tertiary/aromatic N) is 1. The summed E-state index contributed by atoms with van der Waals surface area (Å²) in [5.74, 6) is 0.580. The van der Waals surface area contributed by atoms with Gasteiger partial charge >= 0.3 is 0 Å². The van der Waals surface area contributed by atoms with Gasteiger partial charge in [0.1, 0.15) is 17.7 Å². The second-order valence-corrected chi connectivity index (χ2v) is 7.49. The number of hydrogen-bond acceptors (Lipinski definition) is 6. The number of ether oxygens (including phenoxy) is 1. The highest BCUT2D eigenvalue weighted by Gasteiger charge is 2.11. The summed E-state index contributed by atoms with van der Waals surface area (Å²) in [6.45, 7) is 9.02. The smallest absolute Gasteiger partial charge is 0.275 e. The molecule has 1 amide bonds. The average molecular weight is 358 g/mol. The van der Waals surface area contributed by atoms with Crippen LogP contribution in [-0.2, 0) is 4.79 Å². The van der Waals surface area contributed by atoms with Gasteiger partial charge in [-0.1, -0.05) is 51.9 Å². The molecule has 138 valence electrons. The Labute approximate surface area is 149 Å². The molecule has 3 N–H and O–H groups in total. The molecule has 1 heterocycles. The number of nitrogens with one attached hydrogen (secondary N) is 2. The fourth-order valence-electron chi connectivity index (χ4n) is 2.20. The fraction of sp³-hybridized carbons (Fsp3) is 0.765. The predicted molar refractivity (Wildman–Crippen MR) is 98.7 cm³/mol. The van der Waals surface area contributed by atoms with Crippen molar-refractivity contribution in [1.82, 2.24) is 10.3 Å². The molecule has 2 unspecified atom stereocenters. The van der Waals surface area contributed by atoms with Crippen molar-refractivity contribution >= 4 is 22.2 Å². The van der Waals surface area contributed by atoms with Crippen LogP contribution in [-0.4, -0.2) is 41.3 Å². The first kappa shape index (κ1) is 20.9. The molecule has 0 fully saturated rings. The summed E-state index contributed by atoms with van der Waals surface area (Å²) in [5, 5.41) is 16.9. The molecule has 7 heteroatoms. The van der Waals surface area contributed by atoms with Crippen molar-refractivity contribution < 1.29 is 14.6 Å². The summed E-state index contributed by atoms with van der Waals surface area (Å²) in [7, 11) is 0. The monoisotopic (exact) mass is 357 g/mol. The number of thiazole rings is 1. The number of anilines is 1. The molecule has 0 aliphatic heterocycles. The van der Waals surface area contributed by atoms with E-state index in [0.717, 1.165) is 19.3 Å². The lowest BCUT2D eigenvalue weighted by Gasteiger charge is -2.13. The predicted octanol–water partition coefficient (Wildman–Crippen LogP) is 3.04. The van der Waals surface area contributed by atoms with E-state index in [1.54, 1.807) is 6.20 Å². The lowest BCUT2D eigenvalue weighted by atomic mass is 10.0. The van der Waals surface area contributed by atoms with Gasteiger partial charge in [0.15, 0.2) is 0 Å². The normalized spacial score (nSPS) is 13.8. The molecule has 1 rings (SSSR count). The summed E-state index contributed by atoms with van der Waals surface area (Å²) < 4.78 is 5.46. The number of aromatic nitrogens is 1. The van der Waals surface area contributed by atoms with Crippen LogP contribution in [0.3, 0.4) is 0 Å². The Hall–Kier alpha value is -1.18. The van der Waals surface area contributed by atoms with Crippen LogP contribution in [0.15, 0.2) is 6.20 Å². The molecule has 1 aromatic heterocycles. The molecule has 0 radical (unpaired) electrons. The van der Waals surface area contributed by atoms with Gasteiger partial charge in [-0.15, -0.1) is 0 Å². The van der Waals surface area contributed by atoms with Crippen LogP contribution in [0, 0.1) is 5.92 Å². The number of aliphatic hydroxyl groups is 1. The fourth-order valence-corrected chi connectivity index (χ4v) is 2.89. The van der Waals surface area contributed by atoms with Crippen LogP contribution in [0.2, 0.25) is 0 Å². The molecule has 24 heavy (non-hydrogen) atoms. The molecular weight excluding hydrogens is 326 g/mol. The van der Waals surface area contributed by atoms with Gasteiger partial charge in [0.2, 0.25) is 5.91 Å². The molecule has 6 nitrogen and oxygen atoms in total. The van der Waals surface area contributed by atoms with E-state index < -0.39 is 6.10 Å². The summed E-state index contributed by atoms with van der Waals surface area (Å²) in [5.41, 5.74) is 0. The van der Waals surface area contributed by atoms with E-state index in [1.165, 1.54) is 11.3 Å². The van der Waals surface area contributed by atoms with Crippen LogP contribution in [0.4, 0.5) is 5.00 Å². The van der Waals surface area contributed by atoms with Crippen LogP contribution >= 0.6 is 11.3 Å². The van der Waals surface area contributed by atoms with E-state index >= 15 is 0 Å². The van der Waals surface area contributed by atoms with E-state index in [0.29, 0.717) is 35.1 Å². The zero-order valence-electron chi connectivity index (χ0n) is 15.2. The quantitative estimate of drug-likeness (QED) is 0.535. The van der Waals surface area contributed by atoms with Crippen LogP contribution in [0.5, 0.6) is 5.19 Å². The van der Waals surface area contributed by atoms with Gasteiger partial charge in [0, 0.05) is 19.0 Å². The molecule has 0 spiro atoms. The second-order valence-electron chi connectivity index (χ2n) is 6.50. The lowest BCUT2D eigenvalue weighted by Crippen LogP contribution is -2.35. The highest BCUT2D eigenvalue weighted by atomic mass is 32.1. The van der Waals surface area contributed by atoms with E-state index in [-0.39, 0.29) is 12.5 Å². The number of amides is 1. The zero-order chi connectivity index (χ0) is 17.9. The average Bonchev–Trinajstić information content (AvgIpc) is 2.96. The minimum atomic E-state index is -0.589.